The number of aryl methyl sites for hydroxylation is 2. The smallest absolute Gasteiger partial charge is 0.294 e. The summed E-state index contributed by atoms with van der Waals surface area (Å²) in [6, 6.07) is 14.0. The van der Waals surface area contributed by atoms with E-state index in [9.17, 15) is 8.42 Å². The van der Waals surface area contributed by atoms with Crippen LogP contribution in [0, 0.1) is 6.92 Å². The molecule has 5 nitrogen and oxygen atoms in total. The molecule has 0 aliphatic heterocycles. The Labute approximate surface area is 129 Å². The summed E-state index contributed by atoms with van der Waals surface area (Å²) in [5, 5.41) is 11.8. The molecule has 1 aliphatic rings. The predicted molar refractivity (Wildman–Crippen MR) is 84.1 cm³/mol. The van der Waals surface area contributed by atoms with Gasteiger partial charge in [0.05, 0.1) is 10.6 Å². The van der Waals surface area contributed by atoms with Gasteiger partial charge in [-0.2, -0.15) is 8.42 Å². The van der Waals surface area contributed by atoms with Crippen molar-refractivity contribution in [2.24, 2.45) is 5.16 Å². The zero-order valence-electron chi connectivity index (χ0n) is 12.1. The van der Waals surface area contributed by atoms with E-state index in [0.29, 0.717) is 0 Å². The van der Waals surface area contributed by atoms with E-state index in [1.54, 1.807) is 12.1 Å². The minimum atomic E-state index is -4.02. The van der Waals surface area contributed by atoms with Crippen LogP contribution in [0.15, 0.2) is 58.6 Å². The van der Waals surface area contributed by atoms with Crippen LogP contribution in [0.3, 0.4) is 0 Å². The van der Waals surface area contributed by atoms with Crippen LogP contribution >= 0.6 is 0 Å². The van der Waals surface area contributed by atoms with Gasteiger partial charge in [-0.3, -0.25) is 4.55 Å². The largest absolute Gasteiger partial charge is 0.411 e. The van der Waals surface area contributed by atoms with Crippen LogP contribution < -0.4 is 0 Å². The minimum Gasteiger partial charge on any atom is -0.411 e. The first-order valence-corrected chi connectivity index (χ1v) is 8.19. The lowest BCUT2D eigenvalue weighted by Crippen LogP contribution is -1.96. The van der Waals surface area contributed by atoms with Crippen molar-refractivity contribution in [2.75, 3.05) is 0 Å². The molecular weight excluding hydrogens is 302 g/mol. The number of fused-ring (bicyclic) bond motifs is 1. The van der Waals surface area contributed by atoms with Gasteiger partial charge in [0.25, 0.3) is 10.1 Å². The first-order valence-electron chi connectivity index (χ1n) is 6.75. The second-order valence-corrected chi connectivity index (χ2v) is 6.41. The second kappa shape index (κ2) is 6.72. The molecule has 0 amide bonds. The molecule has 2 N–H and O–H groups in total. The lowest BCUT2D eigenvalue weighted by Gasteiger charge is -1.95. The monoisotopic (exact) mass is 319 g/mol. The van der Waals surface area contributed by atoms with Gasteiger partial charge in [0.1, 0.15) is 0 Å². The number of nitrogens with zero attached hydrogens (tertiary/aromatic N) is 1. The van der Waals surface area contributed by atoms with Gasteiger partial charge in [-0.05, 0) is 37.5 Å². The highest BCUT2D eigenvalue weighted by Crippen LogP contribution is 2.21. The lowest BCUT2D eigenvalue weighted by molar-refractivity contribution is 0.318. The summed E-state index contributed by atoms with van der Waals surface area (Å²) in [5.41, 5.74) is 4.17. The Hall–Kier alpha value is -2.18. The van der Waals surface area contributed by atoms with Crippen molar-refractivity contribution in [2.45, 2.75) is 24.7 Å². The molecule has 0 aromatic heterocycles. The van der Waals surface area contributed by atoms with Crippen LogP contribution in [-0.4, -0.2) is 23.9 Å². The molecule has 22 heavy (non-hydrogen) atoms. The summed E-state index contributed by atoms with van der Waals surface area (Å²) < 4.78 is 29.6. The van der Waals surface area contributed by atoms with Gasteiger partial charge in [0.2, 0.25) is 0 Å². The predicted octanol–water partition coefficient (Wildman–Crippen LogP) is 3.05. The van der Waals surface area contributed by atoms with E-state index in [0.717, 1.165) is 29.7 Å². The molecule has 0 fully saturated rings. The Morgan fingerprint density at radius 2 is 1.64 bits per heavy atom. The number of rotatable bonds is 1. The molecular formula is C16H17NO4S. The molecule has 1 aliphatic carbocycles. The topological polar surface area (TPSA) is 87.0 Å². The molecule has 0 saturated heterocycles. The van der Waals surface area contributed by atoms with Crippen molar-refractivity contribution < 1.29 is 18.2 Å². The zero-order chi connectivity index (χ0) is 16.2. The third-order valence-electron chi connectivity index (χ3n) is 3.40. The van der Waals surface area contributed by atoms with Crippen LogP contribution in [-0.2, 0) is 16.5 Å². The Bertz CT molecular complexity index is 780. The van der Waals surface area contributed by atoms with Crippen molar-refractivity contribution in [3.8, 4) is 0 Å². The number of benzene rings is 2. The number of hydrogen-bond acceptors (Lipinski definition) is 4. The molecule has 6 heteroatoms. The van der Waals surface area contributed by atoms with Crippen LogP contribution in [0.4, 0.5) is 0 Å². The molecule has 2 aromatic carbocycles. The van der Waals surface area contributed by atoms with Crippen molar-refractivity contribution in [1.29, 1.82) is 0 Å². The standard InChI is InChI=1S/C9H9NO.C7H8O3S/c11-10-9-6-5-7-3-1-2-4-8(7)9;1-6-2-4-7(5-3-6)11(8,9)10/h1-4,11H,5-6H2;2-5H,1H3,(H,8,9,10)/b10-9-;. The number of oxime groups is 1. The zero-order valence-corrected chi connectivity index (χ0v) is 12.9. The molecule has 0 heterocycles. The van der Waals surface area contributed by atoms with Crippen LogP contribution in [0.25, 0.3) is 0 Å². The van der Waals surface area contributed by atoms with E-state index in [4.69, 9.17) is 9.76 Å². The minimum absolute atomic E-state index is 0.0666. The second-order valence-electron chi connectivity index (χ2n) is 4.99. The summed E-state index contributed by atoms with van der Waals surface area (Å²) in [7, 11) is -4.02. The molecule has 2 aromatic rings. The molecule has 3 rings (SSSR count). The van der Waals surface area contributed by atoms with Crippen LogP contribution in [0.1, 0.15) is 23.1 Å². The van der Waals surface area contributed by atoms with Crippen molar-refractivity contribution in [3.05, 3.63) is 65.2 Å². The summed E-state index contributed by atoms with van der Waals surface area (Å²) >= 11 is 0. The third kappa shape index (κ3) is 3.93. The molecule has 0 atom stereocenters. The molecule has 0 saturated carbocycles. The van der Waals surface area contributed by atoms with E-state index in [-0.39, 0.29) is 4.90 Å². The Kier molecular flexibility index (Phi) is 4.95. The molecule has 116 valence electrons. The summed E-state index contributed by atoms with van der Waals surface area (Å²) in [4.78, 5) is -0.0666. The first kappa shape index (κ1) is 16.2. The highest BCUT2D eigenvalue weighted by molar-refractivity contribution is 7.85. The van der Waals surface area contributed by atoms with Gasteiger partial charge >= 0.3 is 0 Å². The Balaban J connectivity index is 0.000000160. The maximum Gasteiger partial charge on any atom is 0.294 e. The van der Waals surface area contributed by atoms with Gasteiger partial charge in [-0.15, -0.1) is 0 Å². The fourth-order valence-corrected chi connectivity index (χ4v) is 2.70. The first-order chi connectivity index (χ1) is 10.4. The fraction of sp³-hybridized carbons (Fsp3) is 0.188. The van der Waals surface area contributed by atoms with E-state index < -0.39 is 10.1 Å². The molecule has 0 bridgehead atoms. The third-order valence-corrected chi connectivity index (χ3v) is 4.27. The van der Waals surface area contributed by atoms with Crippen molar-refractivity contribution >= 4 is 15.8 Å². The van der Waals surface area contributed by atoms with Crippen molar-refractivity contribution in [3.63, 3.8) is 0 Å². The quantitative estimate of drug-likeness (QED) is 0.480. The van der Waals surface area contributed by atoms with E-state index in [1.807, 2.05) is 25.1 Å². The van der Waals surface area contributed by atoms with E-state index in [2.05, 4.69) is 11.2 Å². The fourth-order valence-electron chi connectivity index (χ4n) is 2.22. The summed E-state index contributed by atoms with van der Waals surface area (Å²) in [6.07, 6.45) is 1.88. The van der Waals surface area contributed by atoms with Crippen molar-refractivity contribution in [1.82, 2.24) is 0 Å². The van der Waals surface area contributed by atoms with Gasteiger partial charge < -0.3 is 5.21 Å². The van der Waals surface area contributed by atoms with Gasteiger partial charge in [0, 0.05) is 5.56 Å². The lowest BCUT2D eigenvalue weighted by atomic mass is 10.1. The SMILES string of the molecule is Cc1ccc(S(=O)(=O)O)cc1.O/N=C1/CCc2ccccc21. The maximum absolute atomic E-state index is 10.5. The Morgan fingerprint density at radius 3 is 2.23 bits per heavy atom. The maximum atomic E-state index is 10.5. The van der Waals surface area contributed by atoms with Gasteiger partial charge in [-0.25, -0.2) is 0 Å². The number of hydrogen-bond donors (Lipinski definition) is 2. The van der Waals surface area contributed by atoms with Gasteiger partial charge in [0.15, 0.2) is 0 Å². The molecule has 0 unspecified atom stereocenters. The molecule has 0 spiro atoms. The van der Waals surface area contributed by atoms with Crippen LogP contribution in [0.2, 0.25) is 0 Å². The van der Waals surface area contributed by atoms with Gasteiger partial charge in [-0.1, -0.05) is 47.1 Å². The average Bonchev–Trinajstić information content (AvgIpc) is 2.90. The normalized spacial score (nSPS) is 15.1. The van der Waals surface area contributed by atoms with E-state index >= 15 is 0 Å². The highest BCUT2D eigenvalue weighted by atomic mass is 32.2. The average molecular weight is 319 g/mol. The summed E-state index contributed by atoms with van der Waals surface area (Å²) in [6.45, 7) is 1.84. The Morgan fingerprint density at radius 1 is 1.00 bits per heavy atom. The van der Waals surface area contributed by atoms with Crippen LogP contribution in [0.5, 0.6) is 0 Å². The molecule has 0 radical (unpaired) electrons. The highest BCUT2D eigenvalue weighted by Gasteiger charge is 2.16. The van der Waals surface area contributed by atoms with E-state index in [1.165, 1.54) is 17.7 Å². The summed E-state index contributed by atoms with van der Waals surface area (Å²) in [5.74, 6) is 0.